The summed E-state index contributed by atoms with van der Waals surface area (Å²) < 4.78 is 25.3. The second kappa shape index (κ2) is 6.34. The van der Waals surface area contributed by atoms with Crippen molar-refractivity contribution >= 4 is 28.9 Å². The van der Waals surface area contributed by atoms with Gasteiger partial charge in [0, 0.05) is 38.4 Å². The van der Waals surface area contributed by atoms with Crippen LogP contribution in [-0.2, 0) is 15.2 Å². The Morgan fingerprint density at radius 3 is 2.70 bits per heavy atom. The van der Waals surface area contributed by atoms with Gasteiger partial charge < -0.3 is 14.4 Å². The molecule has 0 aromatic carbocycles. The first-order valence-electron chi connectivity index (χ1n) is 5.75. The molecule has 0 spiro atoms. The molecule has 0 atom stereocenters. The molecule has 1 aliphatic heterocycles. The van der Waals surface area contributed by atoms with Gasteiger partial charge in [-0.3, -0.25) is 5.32 Å². The van der Waals surface area contributed by atoms with E-state index in [9.17, 15) is 18.0 Å². The first kappa shape index (κ1) is 14.3. The molecule has 1 saturated heterocycles. The van der Waals surface area contributed by atoms with Gasteiger partial charge in [0.2, 0.25) is 0 Å². The van der Waals surface area contributed by atoms with Crippen molar-refractivity contribution in [2.75, 3.05) is 31.5 Å². The number of nitrogens with one attached hydrogen (secondary N) is 2. The summed E-state index contributed by atoms with van der Waals surface area (Å²) in [5, 5.41) is 9.04. The molecule has 1 fully saturated rings. The third kappa shape index (κ3) is 3.68. The highest BCUT2D eigenvalue weighted by molar-refractivity contribution is 7.67. The fraction of sp³-hybridized carbons (Fsp3) is 0.444. The zero-order valence-electron chi connectivity index (χ0n) is 10.3. The first-order valence-corrected chi connectivity index (χ1v) is 6.85. The average Bonchev–Trinajstić information content (AvgIpc) is 2.86. The van der Waals surface area contributed by atoms with Crippen molar-refractivity contribution in [1.29, 1.82) is 0 Å². The monoisotopic (exact) mass is 303 g/mol. The van der Waals surface area contributed by atoms with Crippen LogP contribution in [-0.4, -0.2) is 61.4 Å². The van der Waals surface area contributed by atoms with Gasteiger partial charge in [0.1, 0.15) is 0 Å². The summed E-state index contributed by atoms with van der Waals surface area (Å²) in [5.41, 5.74) is 0. The minimum Gasteiger partial charge on any atom is -0.330 e. The number of piperazine rings is 1. The van der Waals surface area contributed by atoms with Crippen LogP contribution in [0.15, 0.2) is 12.3 Å². The van der Waals surface area contributed by atoms with Crippen LogP contribution in [0, 0.1) is 0 Å². The molecule has 0 bridgehead atoms. The smallest absolute Gasteiger partial charge is 0.330 e. The fourth-order valence-corrected chi connectivity index (χ4v) is 1.87. The Labute approximate surface area is 115 Å². The average molecular weight is 303 g/mol. The highest BCUT2D eigenvalue weighted by atomic mass is 32.2. The van der Waals surface area contributed by atoms with Crippen LogP contribution in [0.5, 0.6) is 0 Å². The van der Waals surface area contributed by atoms with Crippen molar-refractivity contribution in [3.63, 3.8) is 0 Å². The molecule has 10 nitrogen and oxygen atoms in total. The summed E-state index contributed by atoms with van der Waals surface area (Å²) in [6.45, 7) is 2.56. The molecule has 1 aromatic rings. The molecule has 0 aliphatic carbocycles. The molecule has 11 heteroatoms. The molecule has 0 saturated carbocycles. The van der Waals surface area contributed by atoms with E-state index in [0.717, 1.165) is 4.68 Å². The number of carbonyl (C=O) groups excluding carboxylic acids is 2. The summed E-state index contributed by atoms with van der Waals surface area (Å²) in [4.78, 5) is 24.7. The molecular weight excluding hydrogens is 290 g/mol. The summed E-state index contributed by atoms with van der Waals surface area (Å²) >= 11 is 0. The number of hydrogen-bond acceptors (Lipinski definition) is 7. The molecule has 2 heterocycles. The van der Waals surface area contributed by atoms with Gasteiger partial charge in [-0.1, -0.05) is 0 Å². The highest BCUT2D eigenvalue weighted by Gasteiger charge is 2.19. The first-order chi connectivity index (χ1) is 9.56. The zero-order chi connectivity index (χ0) is 14.5. The molecule has 2 N–H and O–H groups in total. The van der Waals surface area contributed by atoms with E-state index in [0.29, 0.717) is 26.2 Å². The molecule has 0 radical (unpaired) electrons. The van der Waals surface area contributed by atoms with Crippen molar-refractivity contribution in [3.05, 3.63) is 12.3 Å². The van der Waals surface area contributed by atoms with Crippen molar-refractivity contribution in [3.8, 4) is 0 Å². The Morgan fingerprint density at radius 2 is 2.05 bits per heavy atom. The number of anilines is 1. The Kier molecular flexibility index (Phi) is 4.53. The second-order valence-electron chi connectivity index (χ2n) is 3.89. The Hall–Kier alpha value is -2.14. The molecule has 0 unspecified atom stereocenters. The van der Waals surface area contributed by atoms with Gasteiger partial charge in [-0.25, -0.2) is 9.59 Å². The van der Waals surface area contributed by atoms with E-state index < -0.39 is 17.1 Å². The molecule has 110 valence electrons. The largest absolute Gasteiger partial charge is 0.428 e. The van der Waals surface area contributed by atoms with Crippen LogP contribution >= 0.6 is 0 Å². The van der Waals surface area contributed by atoms with Crippen LogP contribution in [0.1, 0.15) is 0 Å². The highest BCUT2D eigenvalue weighted by Crippen LogP contribution is 2.05. The van der Waals surface area contributed by atoms with E-state index in [4.69, 9.17) is 0 Å². The maximum Gasteiger partial charge on any atom is 0.428 e. The molecule has 20 heavy (non-hydrogen) atoms. The lowest BCUT2D eigenvalue weighted by Crippen LogP contribution is -2.48. The minimum absolute atomic E-state index is 0.0235. The third-order valence-electron chi connectivity index (χ3n) is 2.56. The summed E-state index contributed by atoms with van der Waals surface area (Å²) in [6.07, 6.45) is 0.193. The number of aromatic nitrogens is 2. The van der Waals surface area contributed by atoms with Crippen LogP contribution in [0.2, 0.25) is 0 Å². The Morgan fingerprint density at radius 1 is 1.35 bits per heavy atom. The van der Waals surface area contributed by atoms with Crippen molar-refractivity contribution in [2.24, 2.45) is 0 Å². The van der Waals surface area contributed by atoms with Gasteiger partial charge >= 0.3 is 23.1 Å². The lowest BCUT2D eigenvalue weighted by Gasteiger charge is -2.26. The van der Waals surface area contributed by atoms with Gasteiger partial charge in [0.05, 0.1) is 0 Å². The van der Waals surface area contributed by atoms with Gasteiger partial charge in [0.15, 0.2) is 5.82 Å². The zero-order valence-corrected chi connectivity index (χ0v) is 11.2. The number of rotatable bonds is 2. The predicted octanol–water partition coefficient (Wildman–Crippen LogP) is -1.17. The molecule has 2 rings (SSSR count). The van der Waals surface area contributed by atoms with E-state index >= 15 is 0 Å². The number of thiol groups is 1. The van der Waals surface area contributed by atoms with Crippen LogP contribution in [0.25, 0.3) is 0 Å². The van der Waals surface area contributed by atoms with Crippen molar-refractivity contribution in [1.82, 2.24) is 20.0 Å². The molecule has 2 amide bonds. The maximum atomic E-state index is 12.0. The van der Waals surface area contributed by atoms with Gasteiger partial charge in [-0.15, -0.1) is 5.10 Å². The second-order valence-corrected chi connectivity index (χ2v) is 4.52. The SMILES string of the molecule is O=C(Nc1ccn(C(=O)N2CCNCC2)n1)O[SH](=O)=O. The van der Waals surface area contributed by atoms with E-state index in [1.807, 2.05) is 0 Å². The number of carbonyl (C=O) groups is 2. The summed E-state index contributed by atoms with van der Waals surface area (Å²) in [6, 6.07) is 1.04. The summed E-state index contributed by atoms with van der Waals surface area (Å²) in [7, 11) is -3.28. The third-order valence-corrected chi connectivity index (χ3v) is 2.88. The number of hydrogen-bond donors (Lipinski definition) is 3. The Balaban J connectivity index is 1.97. The van der Waals surface area contributed by atoms with Crippen LogP contribution < -0.4 is 10.6 Å². The van der Waals surface area contributed by atoms with E-state index in [2.05, 4.69) is 19.9 Å². The lowest BCUT2D eigenvalue weighted by molar-refractivity contribution is 0.188. The number of amides is 2. The van der Waals surface area contributed by atoms with E-state index in [1.54, 1.807) is 4.90 Å². The van der Waals surface area contributed by atoms with Crippen LogP contribution in [0.3, 0.4) is 0 Å². The molecule has 1 aliphatic rings. The van der Waals surface area contributed by atoms with Gasteiger partial charge in [0.25, 0.3) is 0 Å². The number of nitrogens with zero attached hydrogens (tertiary/aromatic N) is 3. The topological polar surface area (TPSA) is 123 Å². The normalized spacial score (nSPS) is 15.2. The summed E-state index contributed by atoms with van der Waals surface area (Å²) in [5.74, 6) is 0.0235. The standard InChI is InChI=1S/C9H13N5O5S/c15-8(19-20(17)18)11-7-1-4-14(12-7)9(16)13-5-2-10-3-6-13/h1,4,10,20H,2-3,5-6H2,(H,11,12,15). The van der Waals surface area contributed by atoms with E-state index in [-0.39, 0.29) is 11.8 Å². The van der Waals surface area contributed by atoms with Crippen molar-refractivity contribution in [2.45, 2.75) is 0 Å². The molecular formula is C9H13N5O5S. The van der Waals surface area contributed by atoms with Crippen LogP contribution in [0.4, 0.5) is 15.4 Å². The minimum atomic E-state index is -3.28. The van der Waals surface area contributed by atoms with Crippen molar-refractivity contribution < 1.29 is 22.2 Å². The van der Waals surface area contributed by atoms with Gasteiger partial charge in [-0.2, -0.15) is 13.1 Å². The van der Waals surface area contributed by atoms with Gasteiger partial charge in [-0.05, 0) is 0 Å². The Bertz CT molecular complexity index is 569. The quantitative estimate of drug-likeness (QED) is 0.588. The predicted molar refractivity (Wildman–Crippen MR) is 67.9 cm³/mol. The lowest BCUT2D eigenvalue weighted by atomic mass is 10.4. The fourth-order valence-electron chi connectivity index (χ4n) is 1.69. The van der Waals surface area contributed by atoms with E-state index in [1.165, 1.54) is 12.3 Å². The maximum absolute atomic E-state index is 12.0. The molecule has 1 aromatic heterocycles.